The number of rotatable bonds is 4. The maximum Gasteiger partial charge on any atom is 0.391 e. The van der Waals surface area contributed by atoms with E-state index >= 15 is 0 Å². The van der Waals surface area contributed by atoms with Crippen molar-refractivity contribution in [3.05, 3.63) is 27.9 Å². The first-order chi connectivity index (χ1) is 8.19. The molecule has 100 valence electrons. The molecule has 1 atom stereocenters. The molecule has 1 unspecified atom stereocenters. The fourth-order valence-electron chi connectivity index (χ4n) is 1.44. The van der Waals surface area contributed by atoms with E-state index in [-0.39, 0.29) is 11.5 Å². The predicted molar refractivity (Wildman–Crippen MR) is 59.4 cm³/mol. The van der Waals surface area contributed by atoms with E-state index in [2.05, 4.69) is 10.3 Å². The zero-order valence-corrected chi connectivity index (χ0v) is 9.78. The molecule has 0 amide bonds. The zero-order valence-electron chi connectivity index (χ0n) is 9.78. The maximum atomic E-state index is 12.1. The minimum atomic E-state index is -4.26. The molecule has 1 aromatic rings. The highest BCUT2D eigenvalue weighted by Gasteiger charge is 2.30. The summed E-state index contributed by atoms with van der Waals surface area (Å²) in [6, 6.07) is 0.410. The average Bonchev–Trinajstić information content (AvgIpc) is 2.17. The van der Waals surface area contributed by atoms with Crippen LogP contribution in [-0.2, 0) is 0 Å². The third kappa shape index (κ3) is 4.19. The molecule has 0 bridgehead atoms. The molecule has 18 heavy (non-hydrogen) atoms. The lowest BCUT2D eigenvalue weighted by Crippen LogP contribution is -2.24. The Morgan fingerprint density at radius 3 is 2.61 bits per heavy atom. The normalized spacial score (nSPS) is 13.2. The van der Waals surface area contributed by atoms with Crippen molar-refractivity contribution in [2.75, 3.05) is 5.32 Å². The van der Waals surface area contributed by atoms with Crippen LogP contribution < -0.4 is 5.32 Å². The van der Waals surface area contributed by atoms with Crippen molar-refractivity contribution >= 4 is 11.5 Å². The molecule has 0 spiro atoms. The highest BCUT2D eigenvalue weighted by molar-refractivity contribution is 5.48. The summed E-state index contributed by atoms with van der Waals surface area (Å²) in [4.78, 5) is 13.6. The van der Waals surface area contributed by atoms with Crippen LogP contribution in [0.1, 0.15) is 18.9 Å². The van der Waals surface area contributed by atoms with Gasteiger partial charge in [-0.05, 0) is 19.4 Å². The number of hydrogen-bond donors (Lipinski definition) is 1. The van der Waals surface area contributed by atoms with E-state index in [9.17, 15) is 23.3 Å². The number of hydrogen-bond acceptors (Lipinski definition) is 4. The van der Waals surface area contributed by atoms with E-state index in [1.54, 1.807) is 6.92 Å². The van der Waals surface area contributed by atoms with E-state index in [0.717, 1.165) is 6.20 Å². The zero-order chi connectivity index (χ0) is 13.9. The Balaban J connectivity index is 2.77. The maximum absolute atomic E-state index is 12.1. The topological polar surface area (TPSA) is 68.1 Å². The molecule has 0 fully saturated rings. The average molecular weight is 263 g/mol. The van der Waals surface area contributed by atoms with E-state index < -0.39 is 23.6 Å². The van der Waals surface area contributed by atoms with Gasteiger partial charge in [0.15, 0.2) is 0 Å². The van der Waals surface area contributed by atoms with Crippen molar-refractivity contribution in [1.82, 2.24) is 4.98 Å². The van der Waals surface area contributed by atoms with Crippen LogP contribution in [0.4, 0.5) is 24.7 Å². The Labute approximate surface area is 101 Å². The van der Waals surface area contributed by atoms with Gasteiger partial charge in [0.2, 0.25) is 0 Å². The Bertz CT molecular complexity index is 448. The third-order valence-electron chi connectivity index (χ3n) is 2.20. The van der Waals surface area contributed by atoms with Gasteiger partial charge in [-0.1, -0.05) is 0 Å². The summed E-state index contributed by atoms with van der Waals surface area (Å²) in [5.41, 5.74) is 0.236. The fraction of sp³-hybridized carbons (Fsp3) is 0.500. The largest absolute Gasteiger partial charge is 0.391 e. The van der Waals surface area contributed by atoms with Crippen molar-refractivity contribution in [3.8, 4) is 0 Å². The molecule has 1 rings (SSSR count). The summed E-state index contributed by atoms with van der Waals surface area (Å²) in [5, 5.41) is 13.0. The van der Waals surface area contributed by atoms with Crippen molar-refractivity contribution < 1.29 is 18.1 Å². The number of nitro groups is 1. The number of alkyl halides is 3. The van der Waals surface area contributed by atoms with Gasteiger partial charge in [-0.25, -0.2) is 4.98 Å². The molecule has 0 aliphatic carbocycles. The number of nitrogens with zero attached hydrogens (tertiary/aromatic N) is 2. The van der Waals surface area contributed by atoms with Gasteiger partial charge in [0, 0.05) is 12.1 Å². The molecule has 8 heteroatoms. The van der Waals surface area contributed by atoms with Crippen molar-refractivity contribution in [1.29, 1.82) is 0 Å². The minimum absolute atomic E-state index is 0.193. The van der Waals surface area contributed by atoms with Crippen LogP contribution in [0.3, 0.4) is 0 Å². The van der Waals surface area contributed by atoms with Crippen LogP contribution >= 0.6 is 0 Å². The van der Waals surface area contributed by atoms with Crippen LogP contribution in [0.2, 0.25) is 0 Å². The standard InChI is InChI=1S/C10H12F3N3O2/c1-6-3-8(16(17)18)5-14-9(6)15-7(2)4-10(11,12)13/h3,5,7H,4H2,1-2H3,(H,14,15). The highest BCUT2D eigenvalue weighted by atomic mass is 19.4. The molecule has 0 aliphatic heterocycles. The van der Waals surface area contributed by atoms with Gasteiger partial charge in [-0.2, -0.15) is 13.2 Å². The van der Waals surface area contributed by atoms with Gasteiger partial charge in [0.05, 0.1) is 11.3 Å². The van der Waals surface area contributed by atoms with Crippen molar-refractivity contribution in [3.63, 3.8) is 0 Å². The van der Waals surface area contributed by atoms with Crippen molar-refractivity contribution in [2.45, 2.75) is 32.5 Å². The van der Waals surface area contributed by atoms with Crippen molar-refractivity contribution in [2.24, 2.45) is 0 Å². The van der Waals surface area contributed by atoms with Gasteiger partial charge in [-0.3, -0.25) is 10.1 Å². The summed E-state index contributed by atoms with van der Waals surface area (Å²) >= 11 is 0. The molecule has 0 radical (unpaired) electrons. The van der Waals surface area contributed by atoms with Gasteiger partial charge >= 0.3 is 6.18 Å². The molecule has 0 saturated heterocycles. The second-order valence-electron chi connectivity index (χ2n) is 3.98. The second kappa shape index (κ2) is 5.19. The first-order valence-corrected chi connectivity index (χ1v) is 5.13. The smallest absolute Gasteiger partial charge is 0.367 e. The first kappa shape index (κ1) is 14.2. The van der Waals surface area contributed by atoms with Gasteiger partial charge in [0.25, 0.3) is 5.69 Å². The van der Waals surface area contributed by atoms with Gasteiger partial charge < -0.3 is 5.32 Å². The number of halogens is 3. The Morgan fingerprint density at radius 1 is 1.56 bits per heavy atom. The lowest BCUT2D eigenvalue weighted by molar-refractivity contribution is -0.385. The fourth-order valence-corrected chi connectivity index (χ4v) is 1.44. The lowest BCUT2D eigenvalue weighted by atomic mass is 10.2. The van der Waals surface area contributed by atoms with Gasteiger partial charge in [0.1, 0.15) is 12.0 Å². The quantitative estimate of drug-likeness (QED) is 0.669. The molecule has 0 saturated carbocycles. The molecule has 0 aromatic carbocycles. The summed E-state index contributed by atoms with van der Waals surface area (Å²) in [5.74, 6) is 0.220. The summed E-state index contributed by atoms with van der Waals surface area (Å²) in [7, 11) is 0. The molecule has 1 N–H and O–H groups in total. The number of nitrogens with one attached hydrogen (secondary N) is 1. The highest BCUT2D eigenvalue weighted by Crippen LogP contribution is 2.24. The molecule has 1 heterocycles. The van der Waals surface area contributed by atoms with E-state index in [4.69, 9.17) is 0 Å². The van der Waals surface area contributed by atoms with Crippen LogP contribution in [0, 0.1) is 17.0 Å². The molecule has 5 nitrogen and oxygen atoms in total. The molecular weight excluding hydrogens is 251 g/mol. The number of anilines is 1. The van der Waals surface area contributed by atoms with Crippen LogP contribution in [0.25, 0.3) is 0 Å². The summed E-state index contributed by atoms with van der Waals surface area (Å²) in [6.07, 6.45) is -4.25. The predicted octanol–water partition coefficient (Wildman–Crippen LogP) is 3.05. The van der Waals surface area contributed by atoms with Crippen LogP contribution in [-0.4, -0.2) is 22.1 Å². The third-order valence-corrected chi connectivity index (χ3v) is 2.20. The molecule has 1 aromatic heterocycles. The number of aromatic nitrogens is 1. The summed E-state index contributed by atoms with van der Waals surface area (Å²) < 4.78 is 36.4. The Kier molecular flexibility index (Phi) is 4.10. The van der Waals surface area contributed by atoms with E-state index in [0.29, 0.717) is 5.56 Å². The van der Waals surface area contributed by atoms with E-state index in [1.807, 2.05) is 0 Å². The monoisotopic (exact) mass is 263 g/mol. The number of pyridine rings is 1. The second-order valence-corrected chi connectivity index (χ2v) is 3.98. The molecule has 0 aliphatic rings. The Hall–Kier alpha value is -1.86. The molecular formula is C10H12F3N3O2. The van der Waals surface area contributed by atoms with Gasteiger partial charge in [-0.15, -0.1) is 0 Å². The minimum Gasteiger partial charge on any atom is -0.367 e. The lowest BCUT2D eigenvalue weighted by Gasteiger charge is -2.17. The van der Waals surface area contributed by atoms with E-state index in [1.165, 1.54) is 13.0 Å². The Morgan fingerprint density at radius 2 is 2.17 bits per heavy atom. The van der Waals surface area contributed by atoms with Crippen LogP contribution in [0.15, 0.2) is 12.3 Å². The number of aryl methyl sites for hydroxylation is 1. The SMILES string of the molecule is Cc1cc([N+](=O)[O-])cnc1NC(C)CC(F)(F)F. The first-order valence-electron chi connectivity index (χ1n) is 5.13. The van der Waals surface area contributed by atoms with Crippen LogP contribution in [0.5, 0.6) is 0 Å². The summed E-state index contributed by atoms with van der Waals surface area (Å²) in [6.45, 7) is 2.92.